The van der Waals surface area contributed by atoms with E-state index in [1.807, 2.05) is 13.8 Å². The molecule has 0 saturated carbocycles. The molecule has 0 aromatic rings. The summed E-state index contributed by atoms with van der Waals surface area (Å²) >= 11 is 0. The van der Waals surface area contributed by atoms with Gasteiger partial charge in [0.05, 0.1) is 6.04 Å². The second-order valence-corrected chi connectivity index (χ2v) is 2.85. The van der Waals surface area contributed by atoms with E-state index in [1.54, 1.807) is 0 Å². The van der Waals surface area contributed by atoms with Gasteiger partial charge in [0.2, 0.25) is 5.91 Å². The van der Waals surface area contributed by atoms with E-state index in [1.165, 1.54) is 0 Å². The number of nitrogens with one attached hydrogen (secondary N) is 1. The predicted octanol–water partition coefficient (Wildman–Crippen LogP) is -0.955. The molecule has 0 bridgehead atoms. The first-order chi connectivity index (χ1) is 5.09. The molecule has 5 N–H and O–H groups in total. The second-order valence-electron chi connectivity index (χ2n) is 2.85. The zero-order chi connectivity index (χ0) is 8.85. The van der Waals surface area contributed by atoms with E-state index in [0.717, 1.165) is 0 Å². The van der Waals surface area contributed by atoms with Gasteiger partial charge >= 0.3 is 0 Å². The standard InChI is InChI=1S/C7H17N3O/c1-5(2)6(9)7(11)10-4-3-8/h5-6H,3-4,8-9H2,1-2H3,(H,10,11). The molecule has 1 unspecified atom stereocenters. The fraction of sp³-hybridized carbons (Fsp3) is 0.857. The van der Waals surface area contributed by atoms with Crippen molar-refractivity contribution in [2.24, 2.45) is 17.4 Å². The van der Waals surface area contributed by atoms with Gasteiger partial charge in [-0.05, 0) is 5.92 Å². The lowest BCUT2D eigenvalue weighted by molar-refractivity contribution is -0.123. The maximum atomic E-state index is 11.1. The molecule has 0 aromatic carbocycles. The minimum Gasteiger partial charge on any atom is -0.353 e. The van der Waals surface area contributed by atoms with Crippen LogP contribution in [0.25, 0.3) is 0 Å². The third kappa shape index (κ3) is 3.95. The molecular formula is C7H17N3O. The van der Waals surface area contributed by atoms with E-state index in [0.29, 0.717) is 13.1 Å². The molecule has 1 amide bonds. The number of nitrogens with two attached hydrogens (primary N) is 2. The van der Waals surface area contributed by atoms with Crippen LogP contribution in [0.5, 0.6) is 0 Å². The van der Waals surface area contributed by atoms with Crippen LogP contribution < -0.4 is 16.8 Å². The lowest BCUT2D eigenvalue weighted by atomic mass is 10.1. The normalized spacial score (nSPS) is 13.2. The molecule has 66 valence electrons. The smallest absolute Gasteiger partial charge is 0.237 e. The Hall–Kier alpha value is -0.610. The highest BCUT2D eigenvalue weighted by molar-refractivity contribution is 5.81. The summed E-state index contributed by atoms with van der Waals surface area (Å²) in [4.78, 5) is 11.1. The Labute approximate surface area is 67.3 Å². The quantitative estimate of drug-likeness (QED) is 0.494. The van der Waals surface area contributed by atoms with Crippen LogP contribution in [0, 0.1) is 5.92 Å². The monoisotopic (exact) mass is 159 g/mol. The summed E-state index contributed by atoms with van der Waals surface area (Å²) in [7, 11) is 0. The van der Waals surface area contributed by atoms with E-state index in [-0.39, 0.29) is 11.8 Å². The van der Waals surface area contributed by atoms with Crippen LogP contribution in [0.2, 0.25) is 0 Å². The molecule has 0 rings (SSSR count). The van der Waals surface area contributed by atoms with Crippen molar-refractivity contribution in [1.29, 1.82) is 0 Å². The Balaban J connectivity index is 3.64. The molecule has 0 heterocycles. The van der Waals surface area contributed by atoms with Crippen molar-refractivity contribution >= 4 is 5.91 Å². The number of amides is 1. The molecule has 0 spiro atoms. The van der Waals surface area contributed by atoms with Gasteiger partial charge in [-0.25, -0.2) is 0 Å². The van der Waals surface area contributed by atoms with Gasteiger partial charge < -0.3 is 16.8 Å². The van der Waals surface area contributed by atoms with Gasteiger partial charge in [0.1, 0.15) is 0 Å². The average molecular weight is 159 g/mol. The first-order valence-electron chi connectivity index (χ1n) is 3.83. The van der Waals surface area contributed by atoms with Crippen molar-refractivity contribution in [2.75, 3.05) is 13.1 Å². The van der Waals surface area contributed by atoms with Crippen LogP contribution in [0.1, 0.15) is 13.8 Å². The van der Waals surface area contributed by atoms with Crippen molar-refractivity contribution in [3.05, 3.63) is 0 Å². The molecule has 0 aliphatic heterocycles. The van der Waals surface area contributed by atoms with Crippen LogP contribution in [0.3, 0.4) is 0 Å². The number of carbonyl (C=O) groups excluding carboxylic acids is 1. The van der Waals surface area contributed by atoms with Gasteiger partial charge in [0.25, 0.3) is 0 Å². The minimum absolute atomic E-state index is 0.120. The SMILES string of the molecule is CC(C)C(N)C(=O)NCCN. The topological polar surface area (TPSA) is 81.1 Å². The van der Waals surface area contributed by atoms with Crippen molar-refractivity contribution in [2.45, 2.75) is 19.9 Å². The second kappa shape index (κ2) is 5.09. The van der Waals surface area contributed by atoms with Crippen molar-refractivity contribution in [1.82, 2.24) is 5.32 Å². The summed E-state index contributed by atoms with van der Waals surface area (Å²) in [5.74, 6) is 0.0539. The summed E-state index contributed by atoms with van der Waals surface area (Å²) in [5, 5.41) is 2.62. The maximum Gasteiger partial charge on any atom is 0.237 e. The Morgan fingerprint density at radius 1 is 1.55 bits per heavy atom. The van der Waals surface area contributed by atoms with E-state index >= 15 is 0 Å². The van der Waals surface area contributed by atoms with Crippen LogP contribution in [0.15, 0.2) is 0 Å². The molecule has 0 aromatic heterocycles. The summed E-state index contributed by atoms with van der Waals surface area (Å²) in [6, 6.07) is -0.415. The van der Waals surface area contributed by atoms with Gasteiger partial charge in [-0.2, -0.15) is 0 Å². The number of hydrogen-bond acceptors (Lipinski definition) is 3. The highest BCUT2D eigenvalue weighted by atomic mass is 16.2. The molecule has 4 nitrogen and oxygen atoms in total. The van der Waals surface area contributed by atoms with Crippen molar-refractivity contribution in [3.8, 4) is 0 Å². The van der Waals surface area contributed by atoms with Crippen molar-refractivity contribution < 1.29 is 4.79 Å². The van der Waals surface area contributed by atoms with E-state index in [4.69, 9.17) is 11.5 Å². The highest BCUT2D eigenvalue weighted by Gasteiger charge is 2.15. The zero-order valence-electron chi connectivity index (χ0n) is 7.13. The van der Waals surface area contributed by atoms with Crippen LogP contribution in [0.4, 0.5) is 0 Å². The Kier molecular flexibility index (Phi) is 4.81. The molecule has 0 aliphatic rings. The first kappa shape index (κ1) is 10.4. The summed E-state index contributed by atoms with van der Waals surface area (Å²) < 4.78 is 0. The minimum atomic E-state index is -0.415. The molecule has 0 saturated heterocycles. The van der Waals surface area contributed by atoms with E-state index < -0.39 is 6.04 Å². The lowest BCUT2D eigenvalue weighted by Gasteiger charge is -2.14. The summed E-state index contributed by atoms with van der Waals surface area (Å²) in [6.07, 6.45) is 0. The molecule has 0 radical (unpaired) electrons. The summed E-state index contributed by atoms with van der Waals surface area (Å²) in [5.41, 5.74) is 10.7. The number of hydrogen-bond donors (Lipinski definition) is 3. The molecule has 4 heteroatoms. The average Bonchev–Trinajstić information content (AvgIpc) is 1.98. The molecule has 0 fully saturated rings. The first-order valence-corrected chi connectivity index (χ1v) is 3.83. The fourth-order valence-corrected chi connectivity index (χ4v) is 0.616. The molecular weight excluding hydrogens is 142 g/mol. The summed E-state index contributed by atoms with van der Waals surface area (Å²) in [6.45, 7) is 4.77. The molecule has 11 heavy (non-hydrogen) atoms. The van der Waals surface area contributed by atoms with Gasteiger partial charge in [-0.1, -0.05) is 13.8 Å². The molecule has 0 aliphatic carbocycles. The van der Waals surface area contributed by atoms with Gasteiger partial charge in [-0.3, -0.25) is 4.79 Å². The lowest BCUT2D eigenvalue weighted by Crippen LogP contribution is -2.45. The largest absolute Gasteiger partial charge is 0.353 e. The third-order valence-electron chi connectivity index (χ3n) is 1.46. The van der Waals surface area contributed by atoms with Gasteiger partial charge in [0, 0.05) is 13.1 Å². The van der Waals surface area contributed by atoms with E-state index in [9.17, 15) is 4.79 Å². The van der Waals surface area contributed by atoms with E-state index in [2.05, 4.69) is 5.32 Å². The fourth-order valence-electron chi connectivity index (χ4n) is 0.616. The third-order valence-corrected chi connectivity index (χ3v) is 1.46. The maximum absolute atomic E-state index is 11.1. The highest BCUT2D eigenvalue weighted by Crippen LogP contribution is 1.96. The Morgan fingerprint density at radius 2 is 2.09 bits per heavy atom. The predicted molar refractivity (Wildman–Crippen MR) is 44.9 cm³/mol. The van der Waals surface area contributed by atoms with Crippen LogP contribution in [-0.2, 0) is 4.79 Å². The Morgan fingerprint density at radius 3 is 2.45 bits per heavy atom. The number of carbonyl (C=O) groups is 1. The van der Waals surface area contributed by atoms with Crippen molar-refractivity contribution in [3.63, 3.8) is 0 Å². The molecule has 1 atom stereocenters. The zero-order valence-corrected chi connectivity index (χ0v) is 7.13. The Bertz CT molecular complexity index is 125. The van der Waals surface area contributed by atoms with Gasteiger partial charge in [0.15, 0.2) is 0 Å². The number of rotatable bonds is 4. The van der Waals surface area contributed by atoms with Gasteiger partial charge in [-0.15, -0.1) is 0 Å². The van der Waals surface area contributed by atoms with Crippen LogP contribution in [-0.4, -0.2) is 25.0 Å². The van der Waals surface area contributed by atoms with Crippen LogP contribution >= 0.6 is 0 Å².